The molecule has 0 atom stereocenters. The topological polar surface area (TPSA) is 35.2 Å². The van der Waals surface area contributed by atoms with Crippen LogP contribution in [-0.4, -0.2) is 47.1 Å². The molecule has 2 fully saturated rings. The number of piperidine rings is 1. The van der Waals surface area contributed by atoms with Crippen molar-refractivity contribution in [3.8, 4) is 0 Å². The first-order valence-electron chi connectivity index (χ1n) is 6.87. The summed E-state index contributed by atoms with van der Waals surface area (Å²) < 4.78 is 0.672. The average molecular weight is 264 g/mol. The van der Waals surface area contributed by atoms with Crippen LogP contribution in [0.15, 0.2) is 12.4 Å². The zero-order valence-corrected chi connectivity index (χ0v) is 11.5. The van der Waals surface area contributed by atoms with E-state index in [-0.39, 0.29) is 0 Å². The van der Waals surface area contributed by atoms with Gasteiger partial charge >= 0.3 is 0 Å². The van der Waals surface area contributed by atoms with Gasteiger partial charge in [-0.25, -0.2) is 4.98 Å². The Morgan fingerprint density at radius 3 is 2.56 bits per heavy atom. The second kappa shape index (κ2) is 5.36. The third-order valence-corrected chi connectivity index (χ3v) is 4.35. The average Bonchev–Trinajstić information content (AvgIpc) is 2.93. The van der Waals surface area contributed by atoms with E-state index < -0.39 is 0 Å². The number of hydrogen-bond donors (Lipinski definition) is 1. The monoisotopic (exact) mass is 264 g/mol. The summed E-state index contributed by atoms with van der Waals surface area (Å²) in [6, 6.07) is 2.76. The number of likely N-dealkylation sites (tertiary alicyclic amines) is 1. The predicted octanol–water partition coefficient (Wildman–Crippen LogP) is 2.20. The van der Waals surface area contributed by atoms with Gasteiger partial charge in [0, 0.05) is 25.2 Å². The smallest absolute Gasteiger partial charge is 0.131 e. The van der Waals surface area contributed by atoms with Crippen LogP contribution in [0.5, 0.6) is 0 Å². The number of hydrogen-bond acceptors (Lipinski definition) is 4. The first-order chi connectivity index (χ1) is 8.83. The summed E-state index contributed by atoms with van der Waals surface area (Å²) in [4.78, 5) is 12.3. The van der Waals surface area contributed by atoms with Crippen LogP contribution in [0.25, 0.3) is 0 Å². The molecule has 2 saturated heterocycles. The molecule has 2 aliphatic heterocycles. The maximum Gasteiger partial charge on any atom is 0.131 e. The largest absolute Gasteiger partial charge is 0.358 e. The zero-order chi connectivity index (χ0) is 12.4. The van der Waals surface area contributed by atoms with Crippen LogP contribution in [0.2, 0.25) is 0 Å². The molecule has 1 aromatic heterocycles. The molecule has 98 valence electrons. The standard InChI is InChI=1S/C13H20N4S/c18-13-9-12(14-10-15-13)17-7-3-11(4-8-17)16-5-1-2-6-16/h9-11H,1-8H2,(H,14,15,18). The maximum absolute atomic E-state index is 5.11. The molecule has 1 aromatic rings. The molecule has 0 bridgehead atoms. The van der Waals surface area contributed by atoms with Gasteiger partial charge in [-0.15, -0.1) is 0 Å². The molecule has 0 unspecified atom stereocenters. The van der Waals surface area contributed by atoms with Crippen molar-refractivity contribution in [2.45, 2.75) is 31.7 Å². The van der Waals surface area contributed by atoms with Crippen molar-refractivity contribution in [1.82, 2.24) is 14.9 Å². The van der Waals surface area contributed by atoms with Crippen LogP contribution in [0, 0.1) is 4.64 Å². The van der Waals surface area contributed by atoms with Crippen molar-refractivity contribution < 1.29 is 0 Å². The van der Waals surface area contributed by atoms with Crippen molar-refractivity contribution in [1.29, 1.82) is 0 Å². The lowest BCUT2D eigenvalue weighted by Gasteiger charge is -2.37. The summed E-state index contributed by atoms with van der Waals surface area (Å²) in [5.74, 6) is 1.12. The first-order valence-corrected chi connectivity index (χ1v) is 7.27. The van der Waals surface area contributed by atoms with Gasteiger partial charge in [-0.3, -0.25) is 0 Å². The number of aromatic amines is 1. The molecule has 0 amide bonds. The molecule has 2 aliphatic rings. The highest BCUT2D eigenvalue weighted by molar-refractivity contribution is 7.71. The van der Waals surface area contributed by atoms with Crippen LogP contribution >= 0.6 is 12.2 Å². The summed E-state index contributed by atoms with van der Waals surface area (Å²) in [6.07, 6.45) is 7.01. The Morgan fingerprint density at radius 2 is 1.89 bits per heavy atom. The highest BCUT2D eigenvalue weighted by atomic mass is 32.1. The number of rotatable bonds is 2. The van der Waals surface area contributed by atoms with Gasteiger partial charge in [-0.05, 0) is 38.8 Å². The molecule has 3 heterocycles. The lowest BCUT2D eigenvalue weighted by Crippen LogP contribution is -2.44. The summed E-state index contributed by atoms with van der Waals surface area (Å²) in [5, 5.41) is 0. The Balaban J connectivity index is 1.61. The van der Waals surface area contributed by atoms with Crippen LogP contribution in [-0.2, 0) is 0 Å². The lowest BCUT2D eigenvalue weighted by atomic mass is 10.0. The second-order valence-electron chi connectivity index (χ2n) is 5.23. The van der Waals surface area contributed by atoms with Gasteiger partial charge in [-0.1, -0.05) is 12.2 Å². The molecule has 4 nitrogen and oxygen atoms in total. The minimum atomic E-state index is 0.672. The Labute approximate surface area is 113 Å². The van der Waals surface area contributed by atoms with Gasteiger partial charge in [0.1, 0.15) is 10.5 Å². The summed E-state index contributed by atoms with van der Waals surface area (Å²) in [5.41, 5.74) is 0. The number of nitrogens with one attached hydrogen (secondary N) is 1. The van der Waals surface area contributed by atoms with Crippen molar-refractivity contribution in [2.75, 3.05) is 31.1 Å². The quantitative estimate of drug-likeness (QED) is 0.831. The van der Waals surface area contributed by atoms with E-state index in [1.807, 2.05) is 6.07 Å². The molecule has 0 radical (unpaired) electrons. The molecule has 1 N–H and O–H groups in total. The van der Waals surface area contributed by atoms with Crippen LogP contribution < -0.4 is 4.90 Å². The van der Waals surface area contributed by atoms with E-state index >= 15 is 0 Å². The van der Waals surface area contributed by atoms with E-state index in [0.717, 1.165) is 24.9 Å². The van der Waals surface area contributed by atoms with Crippen LogP contribution in [0.3, 0.4) is 0 Å². The first kappa shape index (κ1) is 12.1. The molecule has 0 aromatic carbocycles. The van der Waals surface area contributed by atoms with E-state index in [9.17, 15) is 0 Å². The van der Waals surface area contributed by atoms with Gasteiger partial charge in [0.05, 0.1) is 6.33 Å². The Kier molecular flexibility index (Phi) is 3.61. The second-order valence-corrected chi connectivity index (χ2v) is 5.65. The summed E-state index contributed by atoms with van der Waals surface area (Å²) in [7, 11) is 0. The molecule has 0 aliphatic carbocycles. The molecular weight excluding hydrogens is 244 g/mol. The fourth-order valence-corrected chi connectivity index (χ4v) is 3.28. The predicted molar refractivity (Wildman–Crippen MR) is 75.5 cm³/mol. The van der Waals surface area contributed by atoms with Crippen molar-refractivity contribution in [3.63, 3.8) is 0 Å². The zero-order valence-electron chi connectivity index (χ0n) is 10.6. The summed E-state index contributed by atoms with van der Waals surface area (Å²) in [6.45, 7) is 4.86. The molecule has 3 rings (SSSR count). The van der Waals surface area contributed by atoms with Crippen molar-refractivity contribution in [3.05, 3.63) is 17.0 Å². The number of aromatic nitrogens is 2. The number of H-pyrrole nitrogens is 1. The highest BCUT2D eigenvalue weighted by Gasteiger charge is 2.26. The molecule has 5 heteroatoms. The fourth-order valence-electron chi connectivity index (χ4n) is 3.12. The minimum absolute atomic E-state index is 0.672. The van der Waals surface area contributed by atoms with Gasteiger partial charge in [0.25, 0.3) is 0 Å². The van der Waals surface area contributed by atoms with E-state index in [1.54, 1.807) is 6.33 Å². The third-order valence-electron chi connectivity index (χ3n) is 4.13. The molecular formula is C13H20N4S. The lowest BCUT2D eigenvalue weighted by molar-refractivity contribution is 0.207. The maximum atomic E-state index is 5.11. The van der Waals surface area contributed by atoms with Crippen molar-refractivity contribution in [2.24, 2.45) is 0 Å². The van der Waals surface area contributed by atoms with Crippen LogP contribution in [0.4, 0.5) is 5.82 Å². The SMILES string of the molecule is S=c1cc(N2CCC(N3CCCC3)CC2)[nH]cn1. The fraction of sp³-hybridized carbons (Fsp3) is 0.692. The molecule has 18 heavy (non-hydrogen) atoms. The van der Waals surface area contributed by atoms with Gasteiger partial charge in [0.15, 0.2) is 0 Å². The van der Waals surface area contributed by atoms with Crippen LogP contribution in [0.1, 0.15) is 25.7 Å². The Bertz CT molecular complexity index is 444. The molecule has 0 spiro atoms. The Morgan fingerprint density at radius 1 is 1.17 bits per heavy atom. The van der Waals surface area contributed by atoms with E-state index in [1.165, 1.54) is 38.8 Å². The van der Waals surface area contributed by atoms with Gasteiger partial charge in [-0.2, -0.15) is 0 Å². The minimum Gasteiger partial charge on any atom is -0.358 e. The number of nitrogens with zero attached hydrogens (tertiary/aromatic N) is 3. The summed E-state index contributed by atoms with van der Waals surface area (Å²) >= 11 is 5.11. The Hall–Kier alpha value is -0.940. The normalized spacial score (nSPS) is 22.6. The van der Waals surface area contributed by atoms with E-state index in [4.69, 9.17) is 12.2 Å². The highest BCUT2D eigenvalue weighted by Crippen LogP contribution is 2.23. The van der Waals surface area contributed by atoms with Gasteiger partial charge < -0.3 is 14.8 Å². The van der Waals surface area contributed by atoms with E-state index in [0.29, 0.717) is 4.64 Å². The van der Waals surface area contributed by atoms with Crippen molar-refractivity contribution >= 4 is 18.0 Å². The number of anilines is 1. The van der Waals surface area contributed by atoms with E-state index in [2.05, 4.69) is 19.8 Å². The molecule has 0 saturated carbocycles. The third kappa shape index (κ3) is 2.57. The van der Waals surface area contributed by atoms with Gasteiger partial charge in [0.2, 0.25) is 0 Å².